The number of nitrogens with zero attached hydrogens (tertiary/aromatic N) is 1. The molecule has 1 saturated heterocycles. The van der Waals surface area contributed by atoms with E-state index in [0.29, 0.717) is 6.61 Å². The van der Waals surface area contributed by atoms with E-state index in [1.165, 1.54) is 0 Å². The molecule has 20 heavy (non-hydrogen) atoms. The van der Waals surface area contributed by atoms with Crippen LogP contribution in [0.2, 0.25) is 0 Å². The molecule has 3 rings (SSSR count). The van der Waals surface area contributed by atoms with Gasteiger partial charge in [-0.3, -0.25) is 4.79 Å². The fourth-order valence-corrected chi connectivity index (χ4v) is 2.97. The van der Waals surface area contributed by atoms with Crippen LogP contribution in [0, 0.1) is 0 Å². The molecule has 0 radical (unpaired) electrons. The smallest absolute Gasteiger partial charge is 0.323 e. The summed E-state index contributed by atoms with van der Waals surface area (Å²) in [4.78, 5) is 11.9. The second kappa shape index (κ2) is 5.97. The molecule has 0 spiro atoms. The van der Waals surface area contributed by atoms with Crippen molar-refractivity contribution in [2.45, 2.75) is 31.9 Å². The Balaban J connectivity index is 1.62. The number of halogens is 1. The minimum absolute atomic E-state index is 0.130. The minimum atomic E-state index is -0.138. The minimum Gasteiger partial charge on any atom is -0.460 e. The number of ether oxygens (including phenoxy) is 1. The van der Waals surface area contributed by atoms with Crippen molar-refractivity contribution in [2.75, 3.05) is 6.54 Å². The highest BCUT2D eigenvalue weighted by Crippen LogP contribution is 2.17. The molecule has 106 valence electrons. The second-order valence-electron chi connectivity index (χ2n) is 5.14. The molecule has 5 heteroatoms. The average Bonchev–Trinajstić information content (AvgIpc) is 2.85. The first-order valence-electron chi connectivity index (χ1n) is 6.88. The fraction of sp³-hybridized carbons (Fsp3) is 0.400. The number of piperidine rings is 1. The van der Waals surface area contributed by atoms with Gasteiger partial charge in [-0.25, -0.2) is 0 Å². The van der Waals surface area contributed by atoms with E-state index in [9.17, 15) is 4.79 Å². The van der Waals surface area contributed by atoms with Crippen LogP contribution in [0.1, 0.15) is 24.8 Å². The van der Waals surface area contributed by atoms with E-state index in [0.717, 1.165) is 41.4 Å². The van der Waals surface area contributed by atoms with Gasteiger partial charge in [0.05, 0.1) is 0 Å². The second-order valence-corrected chi connectivity index (χ2v) is 6.05. The molecule has 1 aliphatic heterocycles. The van der Waals surface area contributed by atoms with E-state index >= 15 is 0 Å². The molecule has 1 atom stereocenters. The van der Waals surface area contributed by atoms with Crippen molar-refractivity contribution in [3.63, 3.8) is 0 Å². The number of fused-ring (bicyclic) bond motifs is 1. The third-order valence-corrected chi connectivity index (χ3v) is 4.04. The number of hydrogen-bond donors (Lipinski definition) is 1. The Hall–Kier alpha value is -1.33. The van der Waals surface area contributed by atoms with Crippen LogP contribution >= 0.6 is 15.9 Å². The third kappa shape index (κ3) is 3.04. The number of nitrogens with one attached hydrogen (secondary N) is 1. The highest BCUT2D eigenvalue weighted by molar-refractivity contribution is 9.10. The van der Waals surface area contributed by atoms with Gasteiger partial charge in [0.25, 0.3) is 0 Å². The van der Waals surface area contributed by atoms with Crippen LogP contribution in [-0.4, -0.2) is 23.0 Å². The molecule has 2 aromatic rings. The molecule has 0 amide bonds. The van der Waals surface area contributed by atoms with E-state index in [2.05, 4.69) is 21.2 Å². The molecule has 0 aliphatic carbocycles. The molecular weight excluding hydrogens is 320 g/mol. The molecule has 2 aromatic heterocycles. The highest BCUT2D eigenvalue weighted by atomic mass is 79.9. The van der Waals surface area contributed by atoms with Gasteiger partial charge in [-0.1, -0.05) is 6.42 Å². The Kier molecular flexibility index (Phi) is 4.08. The maximum absolute atomic E-state index is 11.9. The molecular formula is C15H17BrN2O2. The number of pyridine rings is 1. The Morgan fingerprint density at radius 3 is 3.15 bits per heavy atom. The number of rotatable bonds is 3. The normalized spacial score (nSPS) is 19.1. The SMILES string of the molecule is O=C(OCc1ccn2cc(Br)cc2c1)C1CCCCN1. The Morgan fingerprint density at radius 1 is 1.45 bits per heavy atom. The molecule has 4 nitrogen and oxygen atoms in total. The molecule has 3 heterocycles. The van der Waals surface area contributed by atoms with E-state index in [1.54, 1.807) is 0 Å². The predicted molar refractivity (Wildman–Crippen MR) is 80.5 cm³/mol. The van der Waals surface area contributed by atoms with Crippen LogP contribution in [0.4, 0.5) is 0 Å². The number of carbonyl (C=O) groups is 1. The topological polar surface area (TPSA) is 42.7 Å². The van der Waals surface area contributed by atoms with Crippen molar-refractivity contribution in [2.24, 2.45) is 0 Å². The number of carbonyl (C=O) groups excluding carboxylic acids is 1. The quantitative estimate of drug-likeness (QED) is 0.876. The maximum Gasteiger partial charge on any atom is 0.323 e. The first-order chi connectivity index (χ1) is 9.72. The summed E-state index contributed by atoms with van der Waals surface area (Å²) in [6, 6.07) is 5.91. The molecule has 1 fully saturated rings. The van der Waals surface area contributed by atoms with E-state index < -0.39 is 0 Å². The maximum atomic E-state index is 11.9. The van der Waals surface area contributed by atoms with Crippen molar-refractivity contribution >= 4 is 27.4 Å². The number of aromatic nitrogens is 1. The lowest BCUT2D eigenvalue weighted by Crippen LogP contribution is -2.41. The van der Waals surface area contributed by atoms with Gasteiger partial charge in [-0.05, 0) is 59.1 Å². The molecule has 0 aromatic carbocycles. The zero-order chi connectivity index (χ0) is 13.9. The van der Waals surface area contributed by atoms with Gasteiger partial charge in [0.2, 0.25) is 0 Å². The lowest BCUT2D eigenvalue weighted by atomic mass is 10.1. The van der Waals surface area contributed by atoms with Crippen molar-refractivity contribution < 1.29 is 9.53 Å². The molecule has 0 saturated carbocycles. The van der Waals surface area contributed by atoms with Gasteiger partial charge >= 0.3 is 5.97 Å². The molecule has 1 aliphatic rings. The Bertz CT molecular complexity index is 617. The van der Waals surface area contributed by atoms with Gasteiger partial charge < -0.3 is 14.5 Å². The monoisotopic (exact) mass is 336 g/mol. The Labute approximate surface area is 126 Å². The van der Waals surface area contributed by atoms with E-state index in [-0.39, 0.29) is 12.0 Å². The summed E-state index contributed by atoms with van der Waals surface area (Å²) in [5.41, 5.74) is 2.09. The van der Waals surface area contributed by atoms with Crippen molar-refractivity contribution in [1.29, 1.82) is 0 Å². The molecule has 1 N–H and O–H groups in total. The summed E-state index contributed by atoms with van der Waals surface area (Å²) in [7, 11) is 0. The summed E-state index contributed by atoms with van der Waals surface area (Å²) in [5.74, 6) is -0.138. The summed E-state index contributed by atoms with van der Waals surface area (Å²) >= 11 is 3.45. The largest absolute Gasteiger partial charge is 0.460 e. The van der Waals surface area contributed by atoms with Crippen LogP contribution in [0.3, 0.4) is 0 Å². The zero-order valence-corrected chi connectivity index (χ0v) is 12.7. The summed E-state index contributed by atoms with van der Waals surface area (Å²) < 4.78 is 8.47. The van der Waals surface area contributed by atoms with Crippen molar-refractivity contribution in [3.8, 4) is 0 Å². The number of esters is 1. The summed E-state index contributed by atoms with van der Waals surface area (Å²) in [6.45, 7) is 1.24. The van der Waals surface area contributed by atoms with Gasteiger partial charge in [0, 0.05) is 22.4 Å². The van der Waals surface area contributed by atoms with Crippen molar-refractivity contribution in [1.82, 2.24) is 9.72 Å². The first kappa shape index (κ1) is 13.6. The van der Waals surface area contributed by atoms with Crippen molar-refractivity contribution in [3.05, 3.63) is 40.6 Å². The zero-order valence-electron chi connectivity index (χ0n) is 11.1. The van der Waals surface area contributed by atoms with E-state index in [4.69, 9.17) is 4.74 Å². The lowest BCUT2D eigenvalue weighted by Gasteiger charge is -2.21. The fourth-order valence-electron chi connectivity index (χ4n) is 2.52. The van der Waals surface area contributed by atoms with Gasteiger partial charge in [-0.2, -0.15) is 0 Å². The molecule has 0 bridgehead atoms. The number of hydrogen-bond acceptors (Lipinski definition) is 3. The van der Waals surface area contributed by atoms with Crippen LogP contribution in [0.5, 0.6) is 0 Å². The Morgan fingerprint density at radius 2 is 2.35 bits per heavy atom. The highest BCUT2D eigenvalue weighted by Gasteiger charge is 2.21. The lowest BCUT2D eigenvalue weighted by molar-refractivity contribution is -0.148. The van der Waals surface area contributed by atoms with Gasteiger partial charge in [0.15, 0.2) is 0 Å². The van der Waals surface area contributed by atoms with Crippen LogP contribution < -0.4 is 5.32 Å². The van der Waals surface area contributed by atoms with E-state index in [1.807, 2.05) is 35.0 Å². The first-order valence-corrected chi connectivity index (χ1v) is 7.68. The third-order valence-electron chi connectivity index (χ3n) is 3.60. The molecule has 1 unspecified atom stereocenters. The average molecular weight is 337 g/mol. The van der Waals surface area contributed by atoms with Gasteiger partial charge in [0.1, 0.15) is 12.6 Å². The van der Waals surface area contributed by atoms with Gasteiger partial charge in [-0.15, -0.1) is 0 Å². The standard InChI is InChI=1S/C15H17BrN2O2/c16-12-8-13-7-11(4-6-18(13)9-12)10-20-15(19)14-3-1-2-5-17-14/h4,6-9,14,17H,1-3,5,10H2. The van der Waals surface area contributed by atoms with Crippen LogP contribution in [0.25, 0.3) is 5.52 Å². The summed E-state index contributed by atoms with van der Waals surface area (Å²) in [6.07, 6.45) is 7.09. The summed E-state index contributed by atoms with van der Waals surface area (Å²) in [5, 5.41) is 3.20. The predicted octanol–water partition coefficient (Wildman–Crippen LogP) is 2.89. The van der Waals surface area contributed by atoms with Crippen LogP contribution in [-0.2, 0) is 16.1 Å². The van der Waals surface area contributed by atoms with Crippen LogP contribution in [0.15, 0.2) is 35.1 Å².